The molecule has 3 nitrogen and oxygen atoms in total. The monoisotopic (exact) mass is 242 g/mol. The Labute approximate surface area is 106 Å². The maximum Gasteiger partial charge on any atom is 0.0853 e. The van der Waals surface area contributed by atoms with E-state index in [1.165, 1.54) is 12.8 Å². The van der Waals surface area contributed by atoms with Crippen molar-refractivity contribution in [3.63, 3.8) is 0 Å². The van der Waals surface area contributed by atoms with Gasteiger partial charge in [0.25, 0.3) is 0 Å². The summed E-state index contributed by atoms with van der Waals surface area (Å²) in [7, 11) is 0. The molecule has 1 aliphatic rings. The first-order valence-electron chi connectivity index (χ1n) is 7.19. The molecule has 0 aromatic rings. The van der Waals surface area contributed by atoms with E-state index >= 15 is 0 Å². The van der Waals surface area contributed by atoms with Gasteiger partial charge in [-0.25, -0.2) is 0 Å². The van der Waals surface area contributed by atoms with Crippen LogP contribution < -0.4 is 11.3 Å². The van der Waals surface area contributed by atoms with Crippen molar-refractivity contribution in [3.05, 3.63) is 0 Å². The quantitative estimate of drug-likeness (QED) is 0.556. The normalized spacial score (nSPS) is 33.4. The minimum atomic E-state index is -0.0450. The van der Waals surface area contributed by atoms with Crippen LogP contribution in [0.25, 0.3) is 0 Å². The third-order valence-corrected chi connectivity index (χ3v) is 4.38. The predicted molar refractivity (Wildman–Crippen MR) is 72.6 cm³/mol. The Hall–Kier alpha value is -0.120. The van der Waals surface area contributed by atoms with Crippen LogP contribution in [-0.4, -0.2) is 18.2 Å². The lowest BCUT2D eigenvalue weighted by Crippen LogP contribution is -2.59. The number of ether oxygens (including phenoxy) is 1. The van der Waals surface area contributed by atoms with Gasteiger partial charge in [-0.15, -0.1) is 0 Å². The van der Waals surface area contributed by atoms with Crippen molar-refractivity contribution in [2.24, 2.45) is 17.7 Å². The molecule has 1 aliphatic carbocycles. The number of hydrogen-bond acceptors (Lipinski definition) is 3. The Bertz CT molecular complexity index is 218. The SMILES string of the molecule is CCOC1(C(NN)C(C)CC)CCCC(C)C1. The van der Waals surface area contributed by atoms with Crippen LogP contribution >= 0.6 is 0 Å². The van der Waals surface area contributed by atoms with Crippen LogP contribution in [0.2, 0.25) is 0 Å². The molecule has 0 aromatic heterocycles. The van der Waals surface area contributed by atoms with E-state index in [-0.39, 0.29) is 11.6 Å². The molecule has 0 amide bonds. The first-order valence-corrected chi connectivity index (χ1v) is 7.19. The van der Waals surface area contributed by atoms with Crippen molar-refractivity contribution in [3.8, 4) is 0 Å². The van der Waals surface area contributed by atoms with Gasteiger partial charge in [-0.2, -0.15) is 0 Å². The van der Waals surface area contributed by atoms with Crippen LogP contribution in [0.3, 0.4) is 0 Å². The van der Waals surface area contributed by atoms with E-state index in [1.54, 1.807) is 0 Å². The molecule has 0 spiro atoms. The van der Waals surface area contributed by atoms with E-state index in [4.69, 9.17) is 10.6 Å². The minimum Gasteiger partial charge on any atom is -0.374 e. The lowest BCUT2D eigenvalue weighted by Gasteiger charge is -2.47. The third kappa shape index (κ3) is 3.43. The van der Waals surface area contributed by atoms with Gasteiger partial charge in [0.15, 0.2) is 0 Å². The molecule has 0 aromatic carbocycles. The summed E-state index contributed by atoms with van der Waals surface area (Å²) in [5.41, 5.74) is 3.00. The van der Waals surface area contributed by atoms with Gasteiger partial charge >= 0.3 is 0 Å². The lowest BCUT2D eigenvalue weighted by molar-refractivity contribution is -0.111. The van der Waals surface area contributed by atoms with Gasteiger partial charge in [-0.05, 0) is 31.6 Å². The van der Waals surface area contributed by atoms with E-state index in [2.05, 4.69) is 33.1 Å². The average Bonchev–Trinajstić information content (AvgIpc) is 2.29. The summed E-state index contributed by atoms with van der Waals surface area (Å²) in [5.74, 6) is 7.11. The van der Waals surface area contributed by atoms with E-state index in [1.807, 2.05) is 0 Å². The fourth-order valence-electron chi connectivity index (χ4n) is 3.40. The molecule has 1 saturated carbocycles. The molecular formula is C14H30N2O. The largest absolute Gasteiger partial charge is 0.374 e. The van der Waals surface area contributed by atoms with Crippen molar-refractivity contribution < 1.29 is 4.74 Å². The molecule has 102 valence electrons. The summed E-state index contributed by atoms with van der Waals surface area (Å²) in [6.45, 7) is 9.69. The van der Waals surface area contributed by atoms with Gasteiger partial charge in [0.1, 0.15) is 0 Å². The molecule has 4 unspecified atom stereocenters. The third-order valence-electron chi connectivity index (χ3n) is 4.38. The van der Waals surface area contributed by atoms with Crippen molar-refractivity contribution in [2.45, 2.75) is 71.4 Å². The van der Waals surface area contributed by atoms with Gasteiger partial charge in [0.05, 0.1) is 11.6 Å². The number of rotatable bonds is 6. The zero-order valence-electron chi connectivity index (χ0n) is 12.0. The first kappa shape index (κ1) is 14.9. The number of nitrogens with two attached hydrogens (primary N) is 1. The highest BCUT2D eigenvalue weighted by Gasteiger charge is 2.44. The molecule has 3 heteroatoms. The number of hydrazine groups is 1. The maximum atomic E-state index is 6.17. The molecule has 0 radical (unpaired) electrons. The molecule has 3 N–H and O–H groups in total. The molecule has 1 fully saturated rings. The Morgan fingerprint density at radius 1 is 1.47 bits per heavy atom. The second-order valence-electron chi connectivity index (χ2n) is 5.73. The van der Waals surface area contributed by atoms with Crippen LogP contribution in [0.15, 0.2) is 0 Å². The van der Waals surface area contributed by atoms with E-state index in [0.717, 1.165) is 31.8 Å². The molecule has 1 rings (SSSR count). The van der Waals surface area contributed by atoms with Crippen LogP contribution in [0, 0.1) is 11.8 Å². The minimum absolute atomic E-state index is 0.0450. The average molecular weight is 242 g/mol. The van der Waals surface area contributed by atoms with Crippen LogP contribution in [0.5, 0.6) is 0 Å². The van der Waals surface area contributed by atoms with Crippen LogP contribution in [0.1, 0.15) is 59.8 Å². The van der Waals surface area contributed by atoms with Gasteiger partial charge < -0.3 is 4.74 Å². The fourth-order valence-corrected chi connectivity index (χ4v) is 3.40. The Balaban J connectivity index is 2.87. The zero-order chi connectivity index (χ0) is 12.9. The van der Waals surface area contributed by atoms with Crippen LogP contribution in [0.4, 0.5) is 0 Å². The zero-order valence-corrected chi connectivity index (χ0v) is 12.0. The van der Waals surface area contributed by atoms with Gasteiger partial charge in [-0.3, -0.25) is 11.3 Å². The standard InChI is InChI=1S/C14H30N2O/c1-5-12(4)13(16-15)14(17-6-2)9-7-8-11(3)10-14/h11-13,16H,5-10,15H2,1-4H3. The highest BCUT2D eigenvalue weighted by molar-refractivity contribution is 4.98. The predicted octanol–water partition coefficient (Wildman–Crippen LogP) is 2.85. The highest BCUT2D eigenvalue weighted by atomic mass is 16.5. The van der Waals surface area contributed by atoms with Crippen molar-refractivity contribution in [2.75, 3.05) is 6.61 Å². The molecule has 0 heterocycles. The summed E-state index contributed by atoms with van der Waals surface area (Å²) < 4.78 is 6.17. The number of nitrogens with one attached hydrogen (secondary N) is 1. The number of hydrogen-bond donors (Lipinski definition) is 2. The second kappa shape index (κ2) is 6.72. The summed E-state index contributed by atoms with van der Waals surface area (Å²) in [6.07, 6.45) is 6.00. The summed E-state index contributed by atoms with van der Waals surface area (Å²) in [5, 5.41) is 0. The fraction of sp³-hybridized carbons (Fsp3) is 1.00. The lowest BCUT2D eigenvalue weighted by atomic mass is 9.71. The van der Waals surface area contributed by atoms with E-state index in [0.29, 0.717) is 5.92 Å². The van der Waals surface area contributed by atoms with E-state index in [9.17, 15) is 0 Å². The molecule has 0 aliphatic heterocycles. The molecule has 17 heavy (non-hydrogen) atoms. The maximum absolute atomic E-state index is 6.17. The van der Waals surface area contributed by atoms with Gasteiger partial charge in [-0.1, -0.05) is 40.0 Å². The Morgan fingerprint density at radius 2 is 2.18 bits per heavy atom. The van der Waals surface area contributed by atoms with Crippen molar-refractivity contribution >= 4 is 0 Å². The topological polar surface area (TPSA) is 47.3 Å². The van der Waals surface area contributed by atoms with Crippen molar-refractivity contribution in [1.29, 1.82) is 0 Å². The van der Waals surface area contributed by atoms with Gasteiger partial charge in [0.2, 0.25) is 0 Å². The molecular weight excluding hydrogens is 212 g/mol. The summed E-state index contributed by atoms with van der Waals surface area (Å²) >= 11 is 0. The Kier molecular flexibility index (Phi) is 5.90. The molecule has 0 saturated heterocycles. The van der Waals surface area contributed by atoms with Crippen molar-refractivity contribution in [1.82, 2.24) is 5.43 Å². The summed E-state index contributed by atoms with van der Waals surface area (Å²) in [6, 6.07) is 0.273. The first-order chi connectivity index (χ1) is 8.09. The Morgan fingerprint density at radius 3 is 2.65 bits per heavy atom. The van der Waals surface area contributed by atoms with E-state index < -0.39 is 0 Å². The molecule has 0 bridgehead atoms. The van der Waals surface area contributed by atoms with Gasteiger partial charge in [0, 0.05) is 6.61 Å². The smallest absolute Gasteiger partial charge is 0.0853 e. The molecule has 4 atom stereocenters. The van der Waals surface area contributed by atoms with Crippen LogP contribution in [-0.2, 0) is 4.74 Å². The highest BCUT2D eigenvalue weighted by Crippen LogP contribution is 2.40. The second-order valence-corrected chi connectivity index (χ2v) is 5.73. The summed E-state index contributed by atoms with van der Waals surface area (Å²) in [4.78, 5) is 0.